The van der Waals surface area contributed by atoms with Crippen LogP contribution in [0.2, 0.25) is 0 Å². The molecule has 2 rings (SSSR count). The van der Waals surface area contributed by atoms with Crippen molar-refractivity contribution in [2.24, 2.45) is 0 Å². The first kappa shape index (κ1) is 16.2. The van der Waals surface area contributed by atoms with Gasteiger partial charge in [0, 0.05) is 24.1 Å². The predicted molar refractivity (Wildman–Crippen MR) is 86.8 cm³/mol. The van der Waals surface area contributed by atoms with Gasteiger partial charge in [-0.15, -0.1) is 11.8 Å². The molecule has 0 atom stereocenters. The van der Waals surface area contributed by atoms with E-state index in [1.807, 2.05) is 18.2 Å². The molecule has 0 spiro atoms. The molecule has 1 aromatic heterocycles. The van der Waals surface area contributed by atoms with Gasteiger partial charge in [0.25, 0.3) is 5.91 Å². The van der Waals surface area contributed by atoms with E-state index in [0.717, 1.165) is 10.8 Å². The molecule has 6 heteroatoms. The van der Waals surface area contributed by atoms with Gasteiger partial charge in [0.2, 0.25) is 0 Å². The lowest BCUT2D eigenvalue weighted by atomic mass is 10.2. The van der Waals surface area contributed by atoms with Gasteiger partial charge in [-0.05, 0) is 30.3 Å². The summed E-state index contributed by atoms with van der Waals surface area (Å²) in [5.74, 6) is 1.76. The number of nitrogens with zero attached hydrogens (tertiary/aromatic N) is 1. The molecule has 0 radical (unpaired) electrons. The molecule has 0 bridgehead atoms. The van der Waals surface area contributed by atoms with Crippen molar-refractivity contribution in [2.75, 3.05) is 26.5 Å². The number of aromatic nitrogens is 1. The molecule has 0 saturated carbocycles. The highest BCUT2D eigenvalue weighted by molar-refractivity contribution is 7.99. The van der Waals surface area contributed by atoms with Crippen molar-refractivity contribution in [3.63, 3.8) is 0 Å². The molecule has 0 aliphatic rings. The van der Waals surface area contributed by atoms with E-state index in [1.165, 1.54) is 0 Å². The van der Waals surface area contributed by atoms with Crippen LogP contribution in [0.3, 0.4) is 0 Å². The molecule has 0 unspecified atom stereocenters. The minimum absolute atomic E-state index is 0.137. The zero-order valence-electron chi connectivity index (χ0n) is 12.5. The van der Waals surface area contributed by atoms with Gasteiger partial charge in [0.1, 0.15) is 0 Å². The summed E-state index contributed by atoms with van der Waals surface area (Å²) in [5.41, 5.74) is 0.542. The Morgan fingerprint density at radius 3 is 2.68 bits per heavy atom. The number of benzene rings is 1. The van der Waals surface area contributed by atoms with Crippen LogP contribution in [0.15, 0.2) is 47.6 Å². The third kappa shape index (κ3) is 4.39. The number of methoxy groups -OCH3 is 2. The maximum atomic E-state index is 12.1. The van der Waals surface area contributed by atoms with Crippen LogP contribution in [-0.4, -0.2) is 37.4 Å². The first-order chi connectivity index (χ1) is 10.7. The lowest BCUT2D eigenvalue weighted by Gasteiger charge is -2.10. The van der Waals surface area contributed by atoms with Crippen LogP contribution >= 0.6 is 11.8 Å². The molecule has 0 saturated heterocycles. The van der Waals surface area contributed by atoms with E-state index in [1.54, 1.807) is 50.4 Å². The highest BCUT2D eigenvalue weighted by Gasteiger charge is 2.10. The fourth-order valence-electron chi connectivity index (χ4n) is 1.83. The average Bonchev–Trinajstić information content (AvgIpc) is 2.58. The number of carbonyl (C=O) groups excluding carboxylic acids is 1. The first-order valence-corrected chi connectivity index (χ1v) is 7.77. The second-order valence-corrected chi connectivity index (χ2v) is 5.46. The quantitative estimate of drug-likeness (QED) is 0.628. The zero-order valence-corrected chi connectivity index (χ0v) is 13.4. The summed E-state index contributed by atoms with van der Waals surface area (Å²) < 4.78 is 10.3. The molecule has 5 nitrogen and oxygen atoms in total. The van der Waals surface area contributed by atoms with Gasteiger partial charge in [0.15, 0.2) is 11.5 Å². The SMILES string of the molecule is COc1ccc(C(=O)NCCSc2ccccn2)cc1OC. The summed E-state index contributed by atoms with van der Waals surface area (Å²) in [6.45, 7) is 0.564. The van der Waals surface area contributed by atoms with Crippen LogP contribution in [0.5, 0.6) is 11.5 Å². The smallest absolute Gasteiger partial charge is 0.251 e. The van der Waals surface area contributed by atoms with Gasteiger partial charge in [-0.1, -0.05) is 6.07 Å². The number of hydrogen-bond acceptors (Lipinski definition) is 5. The van der Waals surface area contributed by atoms with Gasteiger partial charge < -0.3 is 14.8 Å². The van der Waals surface area contributed by atoms with E-state index < -0.39 is 0 Å². The number of pyridine rings is 1. The molecule has 1 N–H and O–H groups in total. The van der Waals surface area contributed by atoms with Crippen LogP contribution in [-0.2, 0) is 0 Å². The van der Waals surface area contributed by atoms with Crippen molar-refractivity contribution in [1.82, 2.24) is 10.3 Å². The van der Waals surface area contributed by atoms with E-state index in [0.29, 0.717) is 23.6 Å². The molecular weight excluding hydrogens is 300 g/mol. The minimum Gasteiger partial charge on any atom is -0.493 e. The number of thioether (sulfide) groups is 1. The van der Waals surface area contributed by atoms with Crippen molar-refractivity contribution < 1.29 is 14.3 Å². The largest absolute Gasteiger partial charge is 0.493 e. The second kappa shape index (κ2) is 8.29. The predicted octanol–water partition coefficient (Wildman–Crippen LogP) is 2.62. The molecule has 116 valence electrons. The Bertz CT molecular complexity index is 620. The summed E-state index contributed by atoms with van der Waals surface area (Å²) in [7, 11) is 3.11. The summed E-state index contributed by atoms with van der Waals surface area (Å²) in [4.78, 5) is 16.3. The monoisotopic (exact) mass is 318 g/mol. The van der Waals surface area contributed by atoms with E-state index in [4.69, 9.17) is 9.47 Å². The van der Waals surface area contributed by atoms with Gasteiger partial charge in [-0.2, -0.15) is 0 Å². The minimum atomic E-state index is -0.137. The van der Waals surface area contributed by atoms with Gasteiger partial charge in [-0.3, -0.25) is 4.79 Å². The Morgan fingerprint density at radius 1 is 1.18 bits per heavy atom. The van der Waals surface area contributed by atoms with Crippen LogP contribution in [0.4, 0.5) is 0 Å². The Morgan fingerprint density at radius 2 is 2.00 bits per heavy atom. The van der Waals surface area contributed by atoms with Crippen molar-refractivity contribution in [3.05, 3.63) is 48.2 Å². The third-order valence-corrected chi connectivity index (χ3v) is 3.87. The summed E-state index contributed by atoms with van der Waals surface area (Å²) in [6, 6.07) is 10.9. The van der Waals surface area contributed by atoms with Crippen molar-refractivity contribution in [1.29, 1.82) is 0 Å². The van der Waals surface area contributed by atoms with E-state index in [-0.39, 0.29) is 5.91 Å². The summed E-state index contributed by atoms with van der Waals surface area (Å²) in [6.07, 6.45) is 1.75. The molecular formula is C16H18N2O3S. The Balaban J connectivity index is 1.84. The van der Waals surface area contributed by atoms with Crippen molar-refractivity contribution >= 4 is 17.7 Å². The summed E-state index contributed by atoms with van der Waals surface area (Å²) >= 11 is 1.60. The molecule has 2 aromatic rings. The van der Waals surface area contributed by atoms with E-state index >= 15 is 0 Å². The number of nitrogens with one attached hydrogen (secondary N) is 1. The van der Waals surface area contributed by atoms with Gasteiger partial charge in [-0.25, -0.2) is 4.98 Å². The Labute approximate surface area is 134 Å². The topological polar surface area (TPSA) is 60.5 Å². The lowest BCUT2D eigenvalue weighted by Crippen LogP contribution is -2.25. The fourth-order valence-corrected chi connectivity index (χ4v) is 2.56. The van der Waals surface area contributed by atoms with Crippen LogP contribution in [0.1, 0.15) is 10.4 Å². The van der Waals surface area contributed by atoms with E-state index in [2.05, 4.69) is 10.3 Å². The first-order valence-electron chi connectivity index (χ1n) is 6.78. The number of ether oxygens (including phenoxy) is 2. The highest BCUT2D eigenvalue weighted by Crippen LogP contribution is 2.27. The molecule has 0 aliphatic heterocycles. The highest BCUT2D eigenvalue weighted by atomic mass is 32.2. The maximum absolute atomic E-state index is 12.1. The standard InChI is InChI=1S/C16H18N2O3S/c1-20-13-7-6-12(11-14(13)21-2)16(19)18-9-10-22-15-5-3-4-8-17-15/h3-8,11H,9-10H2,1-2H3,(H,18,19). The maximum Gasteiger partial charge on any atom is 0.251 e. The number of amides is 1. The fraction of sp³-hybridized carbons (Fsp3) is 0.250. The molecule has 1 amide bonds. The van der Waals surface area contributed by atoms with Crippen LogP contribution in [0.25, 0.3) is 0 Å². The zero-order chi connectivity index (χ0) is 15.8. The van der Waals surface area contributed by atoms with Gasteiger partial charge in [0.05, 0.1) is 19.2 Å². The second-order valence-electron chi connectivity index (χ2n) is 4.34. The van der Waals surface area contributed by atoms with Crippen molar-refractivity contribution in [3.8, 4) is 11.5 Å². The van der Waals surface area contributed by atoms with Gasteiger partial charge >= 0.3 is 0 Å². The van der Waals surface area contributed by atoms with Crippen LogP contribution in [0, 0.1) is 0 Å². The Hall–Kier alpha value is -2.21. The molecule has 0 fully saturated rings. The molecule has 22 heavy (non-hydrogen) atoms. The number of carbonyl (C=O) groups is 1. The average molecular weight is 318 g/mol. The summed E-state index contributed by atoms with van der Waals surface area (Å²) in [5, 5.41) is 3.82. The third-order valence-electron chi connectivity index (χ3n) is 2.92. The van der Waals surface area contributed by atoms with E-state index in [9.17, 15) is 4.79 Å². The number of hydrogen-bond donors (Lipinski definition) is 1. The molecule has 0 aliphatic carbocycles. The van der Waals surface area contributed by atoms with Crippen molar-refractivity contribution in [2.45, 2.75) is 5.03 Å². The normalized spacial score (nSPS) is 10.1. The lowest BCUT2D eigenvalue weighted by molar-refractivity contribution is 0.0956. The molecule has 1 heterocycles. The Kier molecular flexibility index (Phi) is 6.09. The van der Waals surface area contributed by atoms with Crippen LogP contribution < -0.4 is 14.8 Å². The number of rotatable bonds is 7. The molecule has 1 aromatic carbocycles.